The summed E-state index contributed by atoms with van der Waals surface area (Å²) in [5.41, 5.74) is 5.47. The molecule has 4 heterocycles. The van der Waals surface area contributed by atoms with Gasteiger partial charge < -0.3 is 9.74 Å². The van der Waals surface area contributed by atoms with Crippen LogP contribution in [0.25, 0.3) is 0 Å². The Morgan fingerprint density at radius 2 is 1.86 bits per heavy atom. The summed E-state index contributed by atoms with van der Waals surface area (Å²) in [4.78, 5) is 19.1. The molecule has 3 aromatic rings. The molecule has 186 valence electrons. The minimum absolute atomic E-state index is 0.363. The smallest absolute Gasteiger partial charge is 0.159 e. The van der Waals surface area contributed by atoms with E-state index in [2.05, 4.69) is 31.0 Å². The van der Waals surface area contributed by atoms with Gasteiger partial charge in [-0.15, -0.1) is 0 Å². The summed E-state index contributed by atoms with van der Waals surface area (Å²) < 4.78 is 27.2. The normalized spacial score (nSPS) is 19.2. The molecule has 0 amide bonds. The SMILES string of the molecule is CCON=C(c1ccc(F)c(F)c1)c1ccc(CN2CC3(C2)CN(c2cncc(C4CC4)c2)C3)cn1. The average Bonchev–Trinajstić information content (AvgIpc) is 3.69. The molecule has 0 N–H and O–H groups in total. The monoisotopic (exact) mass is 489 g/mol. The molecule has 3 fully saturated rings. The van der Waals surface area contributed by atoms with Gasteiger partial charge in [0, 0.05) is 56.1 Å². The third-order valence-electron chi connectivity index (χ3n) is 7.28. The van der Waals surface area contributed by atoms with E-state index in [1.807, 2.05) is 37.6 Å². The molecule has 0 radical (unpaired) electrons. The van der Waals surface area contributed by atoms with Gasteiger partial charge in [0.15, 0.2) is 11.6 Å². The summed E-state index contributed by atoms with van der Waals surface area (Å²) in [7, 11) is 0. The lowest BCUT2D eigenvalue weighted by Gasteiger charge is -2.61. The van der Waals surface area contributed by atoms with E-state index in [1.54, 1.807) is 0 Å². The molecular formula is C28H29F2N5O. The van der Waals surface area contributed by atoms with Gasteiger partial charge in [-0.05, 0) is 67.1 Å². The Labute approximate surface area is 209 Å². The van der Waals surface area contributed by atoms with E-state index in [1.165, 1.54) is 30.2 Å². The van der Waals surface area contributed by atoms with Crippen LogP contribution >= 0.6 is 0 Å². The van der Waals surface area contributed by atoms with Crippen molar-refractivity contribution < 1.29 is 13.6 Å². The molecule has 2 aliphatic heterocycles. The van der Waals surface area contributed by atoms with E-state index in [0.29, 0.717) is 29.0 Å². The number of aromatic nitrogens is 2. The molecule has 1 aliphatic carbocycles. The number of rotatable bonds is 8. The van der Waals surface area contributed by atoms with Gasteiger partial charge in [0.2, 0.25) is 0 Å². The molecular weight excluding hydrogens is 460 g/mol. The first-order valence-electron chi connectivity index (χ1n) is 12.5. The number of oxime groups is 1. The number of halogens is 2. The molecule has 1 spiro atoms. The number of pyridine rings is 2. The van der Waals surface area contributed by atoms with Crippen LogP contribution in [0, 0.1) is 17.0 Å². The third kappa shape index (κ3) is 4.57. The van der Waals surface area contributed by atoms with Gasteiger partial charge >= 0.3 is 0 Å². The molecule has 3 aliphatic rings. The van der Waals surface area contributed by atoms with E-state index >= 15 is 0 Å². The highest BCUT2D eigenvalue weighted by atomic mass is 19.2. The van der Waals surface area contributed by atoms with Gasteiger partial charge in [0.25, 0.3) is 0 Å². The van der Waals surface area contributed by atoms with Crippen molar-refractivity contribution in [3.8, 4) is 0 Å². The van der Waals surface area contributed by atoms with Gasteiger partial charge in [0.05, 0.1) is 17.6 Å². The van der Waals surface area contributed by atoms with Crippen LogP contribution < -0.4 is 4.90 Å². The first-order valence-corrected chi connectivity index (χ1v) is 12.5. The zero-order valence-electron chi connectivity index (χ0n) is 20.3. The second kappa shape index (κ2) is 9.24. The Morgan fingerprint density at radius 1 is 1.03 bits per heavy atom. The molecule has 0 unspecified atom stereocenters. The summed E-state index contributed by atoms with van der Waals surface area (Å²) in [6.07, 6.45) is 8.43. The van der Waals surface area contributed by atoms with Crippen molar-refractivity contribution in [1.29, 1.82) is 0 Å². The summed E-state index contributed by atoms with van der Waals surface area (Å²) in [6, 6.07) is 9.87. The van der Waals surface area contributed by atoms with E-state index in [-0.39, 0.29) is 0 Å². The Kier molecular flexibility index (Phi) is 5.91. The summed E-state index contributed by atoms with van der Waals surface area (Å²) >= 11 is 0. The first-order chi connectivity index (χ1) is 17.5. The van der Waals surface area contributed by atoms with E-state index in [0.717, 1.165) is 56.3 Å². The first kappa shape index (κ1) is 23.0. The lowest BCUT2D eigenvalue weighted by molar-refractivity contribution is -0.0274. The van der Waals surface area contributed by atoms with Gasteiger partial charge in [-0.3, -0.25) is 14.9 Å². The minimum Gasteiger partial charge on any atom is -0.396 e. The maximum absolute atomic E-state index is 13.8. The second-order valence-electron chi connectivity index (χ2n) is 10.3. The fourth-order valence-electron chi connectivity index (χ4n) is 5.35. The molecule has 2 saturated heterocycles. The van der Waals surface area contributed by atoms with Crippen LogP contribution in [0.15, 0.2) is 60.1 Å². The molecule has 8 heteroatoms. The van der Waals surface area contributed by atoms with E-state index < -0.39 is 11.6 Å². The highest BCUT2D eigenvalue weighted by Gasteiger charge is 2.51. The summed E-state index contributed by atoms with van der Waals surface area (Å²) in [6.45, 7) is 7.33. The number of likely N-dealkylation sites (tertiary alicyclic amines) is 1. The Balaban J connectivity index is 1.06. The lowest BCUT2D eigenvalue weighted by Crippen LogP contribution is -2.72. The quantitative estimate of drug-likeness (QED) is 0.338. The zero-order valence-corrected chi connectivity index (χ0v) is 20.3. The highest BCUT2D eigenvalue weighted by molar-refractivity contribution is 6.11. The molecule has 6 rings (SSSR count). The van der Waals surface area contributed by atoms with Gasteiger partial charge in [-0.1, -0.05) is 11.2 Å². The topological polar surface area (TPSA) is 53.9 Å². The number of anilines is 1. The maximum atomic E-state index is 13.8. The predicted molar refractivity (Wildman–Crippen MR) is 134 cm³/mol. The zero-order chi connectivity index (χ0) is 24.7. The van der Waals surface area contributed by atoms with Crippen molar-refractivity contribution in [3.63, 3.8) is 0 Å². The van der Waals surface area contributed by atoms with E-state index in [9.17, 15) is 8.78 Å². The van der Waals surface area contributed by atoms with Crippen molar-refractivity contribution in [1.82, 2.24) is 14.9 Å². The Bertz CT molecular complexity index is 1280. The number of nitrogens with zero attached hydrogens (tertiary/aromatic N) is 5. The standard InChI is InChI=1S/C28H29F2N5O/c1-2-36-33-27(21-6-7-24(29)25(30)10-21)26-8-3-19(11-32-26)14-34-15-28(16-34)17-35(18-28)23-9-22(12-31-13-23)20-4-5-20/h3,6-13,20H,2,4-5,14-18H2,1H3. The van der Waals surface area contributed by atoms with Crippen LogP contribution in [-0.2, 0) is 11.4 Å². The Hall–Kier alpha value is -3.39. The second-order valence-corrected chi connectivity index (χ2v) is 10.3. The van der Waals surface area contributed by atoms with Crippen LogP contribution in [0.2, 0.25) is 0 Å². The molecule has 1 saturated carbocycles. The number of hydrogen-bond acceptors (Lipinski definition) is 6. The summed E-state index contributed by atoms with van der Waals surface area (Å²) in [5, 5.41) is 4.11. The number of benzene rings is 1. The van der Waals surface area contributed by atoms with Crippen LogP contribution in [0.1, 0.15) is 48.1 Å². The van der Waals surface area contributed by atoms with Crippen molar-refractivity contribution >= 4 is 11.4 Å². The Morgan fingerprint density at radius 3 is 2.56 bits per heavy atom. The highest BCUT2D eigenvalue weighted by Crippen LogP contribution is 2.44. The summed E-state index contributed by atoms with van der Waals surface area (Å²) in [5.74, 6) is -1.10. The van der Waals surface area contributed by atoms with Crippen LogP contribution in [0.5, 0.6) is 0 Å². The van der Waals surface area contributed by atoms with Crippen LogP contribution in [-0.4, -0.2) is 53.4 Å². The fourth-order valence-corrected chi connectivity index (χ4v) is 5.35. The van der Waals surface area contributed by atoms with Crippen LogP contribution in [0.4, 0.5) is 14.5 Å². The maximum Gasteiger partial charge on any atom is 0.159 e. The van der Waals surface area contributed by atoms with E-state index in [4.69, 9.17) is 4.84 Å². The van der Waals surface area contributed by atoms with Gasteiger partial charge in [0.1, 0.15) is 12.3 Å². The molecule has 6 nitrogen and oxygen atoms in total. The van der Waals surface area contributed by atoms with Crippen molar-refractivity contribution in [2.45, 2.75) is 32.2 Å². The molecule has 0 bridgehead atoms. The average molecular weight is 490 g/mol. The molecule has 0 atom stereocenters. The minimum atomic E-state index is -0.929. The molecule has 1 aromatic carbocycles. The lowest BCUT2D eigenvalue weighted by atomic mass is 9.72. The van der Waals surface area contributed by atoms with Crippen molar-refractivity contribution in [3.05, 3.63) is 89.0 Å². The fraction of sp³-hybridized carbons (Fsp3) is 0.393. The van der Waals surface area contributed by atoms with Gasteiger partial charge in [-0.25, -0.2) is 8.78 Å². The largest absolute Gasteiger partial charge is 0.396 e. The van der Waals surface area contributed by atoms with Crippen molar-refractivity contribution in [2.24, 2.45) is 10.6 Å². The third-order valence-corrected chi connectivity index (χ3v) is 7.28. The van der Waals surface area contributed by atoms with Crippen molar-refractivity contribution in [2.75, 3.05) is 37.7 Å². The molecule has 36 heavy (non-hydrogen) atoms. The molecule has 2 aromatic heterocycles. The predicted octanol–water partition coefficient (Wildman–Crippen LogP) is 4.74. The van der Waals surface area contributed by atoms with Crippen LogP contribution in [0.3, 0.4) is 0 Å². The number of hydrogen-bond donors (Lipinski definition) is 0. The van der Waals surface area contributed by atoms with Gasteiger partial charge in [-0.2, -0.15) is 0 Å².